The van der Waals surface area contributed by atoms with Crippen LogP contribution in [0.3, 0.4) is 0 Å². The van der Waals surface area contributed by atoms with Gasteiger partial charge in [0.25, 0.3) is 0 Å². The van der Waals surface area contributed by atoms with Crippen LogP contribution in [-0.4, -0.2) is 29.2 Å². The van der Waals surface area contributed by atoms with Gasteiger partial charge in [-0.25, -0.2) is 4.79 Å². The monoisotopic (exact) mass is 226 g/mol. The molecule has 5 heteroatoms. The summed E-state index contributed by atoms with van der Waals surface area (Å²) in [6.07, 6.45) is 6.70. The predicted molar refractivity (Wildman–Crippen MR) is 60.9 cm³/mol. The number of amides is 2. The number of carboxylic acid groups (broad SMARTS) is 1. The zero-order chi connectivity index (χ0) is 12.6. The highest BCUT2D eigenvalue weighted by atomic mass is 16.4. The SMILES string of the molecule is C#CC(CCC)NC(=O)NC(C)CC(=O)O. The van der Waals surface area contributed by atoms with E-state index in [4.69, 9.17) is 11.5 Å². The van der Waals surface area contributed by atoms with E-state index in [2.05, 4.69) is 16.6 Å². The number of urea groups is 1. The molecule has 0 saturated heterocycles. The first-order valence-electron chi connectivity index (χ1n) is 5.24. The van der Waals surface area contributed by atoms with Crippen molar-refractivity contribution in [2.24, 2.45) is 0 Å². The Hall–Kier alpha value is -1.70. The van der Waals surface area contributed by atoms with Gasteiger partial charge in [0.1, 0.15) is 0 Å². The molecule has 3 N–H and O–H groups in total. The molecule has 2 unspecified atom stereocenters. The lowest BCUT2D eigenvalue weighted by Gasteiger charge is -2.16. The molecular weight excluding hydrogens is 208 g/mol. The fraction of sp³-hybridized carbons (Fsp3) is 0.636. The van der Waals surface area contributed by atoms with Crippen LogP contribution in [0.5, 0.6) is 0 Å². The van der Waals surface area contributed by atoms with Gasteiger partial charge in [0.05, 0.1) is 12.5 Å². The quantitative estimate of drug-likeness (QED) is 0.590. The molecule has 0 spiro atoms. The minimum absolute atomic E-state index is 0.109. The number of carbonyl (C=O) groups excluding carboxylic acids is 1. The van der Waals surface area contributed by atoms with Crippen molar-refractivity contribution >= 4 is 12.0 Å². The number of hydrogen-bond donors (Lipinski definition) is 3. The van der Waals surface area contributed by atoms with Gasteiger partial charge in [-0.15, -0.1) is 6.42 Å². The van der Waals surface area contributed by atoms with E-state index < -0.39 is 18.0 Å². The lowest BCUT2D eigenvalue weighted by Crippen LogP contribution is -2.45. The maximum atomic E-state index is 11.4. The summed E-state index contributed by atoms with van der Waals surface area (Å²) in [5, 5.41) is 13.6. The molecule has 0 bridgehead atoms. The third-order valence-electron chi connectivity index (χ3n) is 1.94. The summed E-state index contributed by atoms with van der Waals surface area (Å²) in [6.45, 7) is 3.59. The number of rotatable bonds is 6. The molecule has 0 rings (SSSR count). The smallest absolute Gasteiger partial charge is 0.315 e. The normalized spacial score (nSPS) is 13.3. The van der Waals surface area contributed by atoms with Crippen molar-refractivity contribution < 1.29 is 14.7 Å². The number of aliphatic carboxylic acids is 1. The van der Waals surface area contributed by atoms with Crippen molar-refractivity contribution in [2.75, 3.05) is 0 Å². The van der Waals surface area contributed by atoms with Crippen LogP contribution >= 0.6 is 0 Å². The Kier molecular flexibility index (Phi) is 6.77. The minimum Gasteiger partial charge on any atom is -0.481 e. The molecule has 90 valence electrons. The van der Waals surface area contributed by atoms with E-state index in [0.29, 0.717) is 6.42 Å². The maximum absolute atomic E-state index is 11.4. The van der Waals surface area contributed by atoms with E-state index >= 15 is 0 Å². The van der Waals surface area contributed by atoms with Gasteiger partial charge in [0.15, 0.2) is 0 Å². The Morgan fingerprint density at radius 1 is 1.44 bits per heavy atom. The highest BCUT2D eigenvalue weighted by Crippen LogP contribution is 1.95. The molecule has 0 saturated carbocycles. The summed E-state index contributed by atoms with van der Waals surface area (Å²) in [5.74, 6) is 1.51. The topological polar surface area (TPSA) is 78.4 Å². The van der Waals surface area contributed by atoms with E-state index in [1.165, 1.54) is 0 Å². The Morgan fingerprint density at radius 2 is 2.06 bits per heavy atom. The van der Waals surface area contributed by atoms with Gasteiger partial charge in [-0.2, -0.15) is 0 Å². The van der Waals surface area contributed by atoms with Crippen LogP contribution in [0.25, 0.3) is 0 Å². The first-order valence-corrected chi connectivity index (χ1v) is 5.24. The van der Waals surface area contributed by atoms with Crippen LogP contribution in [0.4, 0.5) is 4.79 Å². The van der Waals surface area contributed by atoms with Crippen LogP contribution in [0.2, 0.25) is 0 Å². The van der Waals surface area contributed by atoms with E-state index in [9.17, 15) is 9.59 Å². The molecule has 0 aliphatic heterocycles. The second-order valence-corrected chi connectivity index (χ2v) is 3.62. The summed E-state index contributed by atoms with van der Waals surface area (Å²) in [7, 11) is 0. The average molecular weight is 226 g/mol. The highest BCUT2D eigenvalue weighted by molar-refractivity contribution is 5.76. The third kappa shape index (κ3) is 6.71. The Labute approximate surface area is 95.6 Å². The van der Waals surface area contributed by atoms with Crippen LogP contribution in [0, 0.1) is 12.3 Å². The number of nitrogens with one attached hydrogen (secondary N) is 2. The number of carboxylic acids is 1. The molecule has 0 aromatic carbocycles. The molecule has 16 heavy (non-hydrogen) atoms. The summed E-state index contributed by atoms with van der Waals surface area (Å²) >= 11 is 0. The molecule has 0 heterocycles. The van der Waals surface area contributed by atoms with Crippen LogP contribution < -0.4 is 10.6 Å². The van der Waals surface area contributed by atoms with Crippen LogP contribution in [0.1, 0.15) is 33.1 Å². The summed E-state index contributed by atoms with van der Waals surface area (Å²) in [6, 6.07) is -1.15. The van der Waals surface area contributed by atoms with Crippen molar-refractivity contribution in [2.45, 2.75) is 45.2 Å². The van der Waals surface area contributed by atoms with E-state index in [0.717, 1.165) is 6.42 Å². The molecule has 0 fully saturated rings. The molecule has 5 nitrogen and oxygen atoms in total. The fourth-order valence-corrected chi connectivity index (χ4v) is 1.22. The first kappa shape index (κ1) is 14.3. The molecule has 0 aliphatic rings. The molecule has 0 radical (unpaired) electrons. The van der Waals surface area contributed by atoms with Crippen molar-refractivity contribution in [1.29, 1.82) is 0 Å². The second kappa shape index (κ2) is 7.57. The standard InChI is InChI=1S/C11H18N2O3/c1-4-6-9(5-2)13-11(16)12-8(3)7-10(14)15/h2,8-9H,4,6-7H2,1,3H3,(H,14,15)(H2,12,13,16). The summed E-state index contributed by atoms with van der Waals surface area (Å²) in [4.78, 5) is 21.7. The Bertz CT molecular complexity index is 283. The zero-order valence-corrected chi connectivity index (χ0v) is 9.62. The third-order valence-corrected chi connectivity index (χ3v) is 1.94. The average Bonchev–Trinajstić information content (AvgIpc) is 2.15. The summed E-state index contributed by atoms with van der Waals surface area (Å²) < 4.78 is 0. The van der Waals surface area contributed by atoms with Gasteiger partial charge in [-0.1, -0.05) is 19.3 Å². The molecule has 2 atom stereocenters. The Morgan fingerprint density at radius 3 is 2.50 bits per heavy atom. The van der Waals surface area contributed by atoms with E-state index in [1.54, 1.807) is 6.92 Å². The highest BCUT2D eigenvalue weighted by Gasteiger charge is 2.13. The van der Waals surface area contributed by atoms with E-state index in [-0.39, 0.29) is 12.5 Å². The second-order valence-electron chi connectivity index (χ2n) is 3.62. The number of hydrogen-bond acceptors (Lipinski definition) is 2. The van der Waals surface area contributed by atoms with Gasteiger partial charge in [-0.05, 0) is 13.3 Å². The minimum atomic E-state index is -0.949. The Balaban J connectivity index is 3.97. The molecule has 0 aromatic heterocycles. The van der Waals surface area contributed by atoms with Crippen molar-refractivity contribution in [3.05, 3.63) is 0 Å². The van der Waals surface area contributed by atoms with Crippen LogP contribution in [-0.2, 0) is 4.79 Å². The molecule has 0 aliphatic carbocycles. The summed E-state index contributed by atoms with van der Waals surface area (Å²) in [5.41, 5.74) is 0. The first-order chi connectivity index (χ1) is 7.49. The van der Waals surface area contributed by atoms with Gasteiger partial charge in [0, 0.05) is 6.04 Å². The van der Waals surface area contributed by atoms with Gasteiger partial charge in [-0.3, -0.25) is 4.79 Å². The molecule has 0 aromatic rings. The fourth-order valence-electron chi connectivity index (χ4n) is 1.22. The lowest BCUT2D eigenvalue weighted by molar-refractivity contribution is -0.137. The number of carbonyl (C=O) groups is 2. The van der Waals surface area contributed by atoms with Crippen LogP contribution in [0.15, 0.2) is 0 Å². The van der Waals surface area contributed by atoms with Gasteiger partial charge in [0.2, 0.25) is 0 Å². The van der Waals surface area contributed by atoms with E-state index in [1.807, 2.05) is 6.92 Å². The lowest BCUT2D eigenvalue weighted by atomic mass is 10.2. The molecule has 2 amide bonds. The predicted octanol–water partition coefficient (Wildman–Crippen LogP) is 0.951. The van der Waals surface area contributed by atoms with Crippen molar-refractivity contribution in [3.8, 4) is 12.3 Å². The van der Waals surface area contributed by atoms with Crippen molar-refractivity contribution in [1.82, 2.24) is 10.6 Å². The van der Waals surface area contributed by atoms with Crippen molar-refractivity contribution in [3.63, 3.8) is 0 Å². The zero-order valence-electron chi connectivity index (χ0n) is 9.62. The maximum Gasteiger partial charge on any atom is 0.315 e. The van der Waals surface area contributed by atoms with Gasteiger partial charge < -0.3 is 15.7 Å². The largest absolute Gasteiger partial charge is 0.481 e. The van der Waals surface area contributed by atoms with Gasteiger partial charge >= 0.3 is 12.0 Å². The molecular formula is C11H18N2O3. The number of terminal acetylenes is 1.